The molecule has 2 atom stereocenters. The fraction of sp³-hybridized carbons (Fsp3) is 0.909. The van der Waals surface area contributed by atoms with Gasteiger partial charge in [-0.25, -0.2) is 0 Å². The van der Waals surface area contributed by atoms with Crippen LogP contribution in [0.15, 0.2) is 12.2 Å². The van der Waals surface area contributed by atoms with Gasteiger partial charge in [0.15, 0.2) is 0 Å². The molecule has 1 saturated heterocycles. The van der Waals surface area contributed by atoms with Gasteiger partial charge >= 0.3 is 0 Å². The van der Waals surface area contributed by atoms with E-state index in [0.29, 0.717) is 0 Å². The van der Waals surface area contributed by atoms with Crippen LogP contribution in [0.4, 0.5) is 0 Å². The Bertz CT molecular complexity index is 265. The van der Waals surface area contributed by atoms with E-state index in [4.69, 9.17) is 4.74 Å². The van der Waals surface area contributed by atoms with Gasteiger partial charge in [0.1, 0.15) is 0 Å². The molecular formula is C22H42O. The minimum Gasteiger partial charge on any atom is -0.381 e. The molecule has 23 heavy (non-hydrogen) atoms. The zero-order valence-corrected chi connectivity index (χ0v) is 16.0. The molecule has 0 aromatic carbocycles. The molecule has 0 N–H and O–H groups in total. The van der Waals surface area contributed by atoms with Gasteiger partial charge in [0, 0.05) is 6.61 Å². The molecule has 0 bridgehead atoms. The zero-order chi connectivity index (χ0) is 16.6. The lowest BCUT2D eigenvalue weighted by molar-refractivity contribution is 0.176. The molecule has 1 aliphatic heterocycles. The summed E-state index contributed by atoms with van der Waals surface area (Å²) in [6.07, 6.45) is 24.4. The van der Waals surface area contributed by atoms with Crippen LogP contribution in [0.25, 0.3) is 0 Å². The molecule has 0 saturated carbocycles. The summed E-state index contributed by atoms with van der Waals surface area (Å²) in [5.41, 5.74) is 0. The Morgan fingerprint density at radius 3 is 2.17 bits per heavy atom. The van der Waals surface area contributed by atoms with Crippen molar-refractivity contribution in [1.29, 1.82) is 0 Å². The van der Waals surface area contributed by atoms with Crippen LogP contribution < -0.4 is 0 Å². The molecule has 0 spiro atoms. The molecule has 1 rings (SSSR count). The quantitative estimate of drug-likeness (QED) is 0.174. The predicted molar refractivity (Wildman–Crippen MR) is 103 cm³/mol. The molecule has 1 heterocycles. The highest BCUT2D eigenvalue weighted by Crippen LogP contribution is 2.28. The van der Waals surface area contributed by atoms with Gasteiger partial charge in [-0.1, -0.05) is 90.2 Å². The van der Waals surface area contributed by atoms with Gasteiger partial charge in [-0.2, -0.15) is 0 Å². The van der Waals surface area contributed by atoms with Crippen LogP contribution in [0.3, 0.4) is 0 Å². The highest BCUT2D eigenvalue weighted by atomic mass is 16.6. The summed E-state index contributed by atoms with van der Waals surface area (Å²) >= 11 is 0. The van der Waals surface area contributed by atoms with Crippen molar-refractivity contribution < 1.29 is 4.74 Å². The standard InChI is InChI=1S/C22H42O/c1-3-5-7-8-9-10-11-12-13-15-17-21(16-14-6-4-2)22-18-19-23-20-22/h15,17,21-22H,3-14,16,18-20H2,1-2H3/b17-15+/t21-,22?/m1/s1/i19+1,20+1. The van der Waals surface area contributed by atoms with Crippen molar-refractivity contribution in [2.75, 3.05) is 13.2 Å². The van der Waals surface area contributed by atoms with Crippen molar-refractivity contribution in [2.24, 2.45) is 11.8 Å². The number of unbranched alkanes of at least 4 members (excludes halogenated alkanes) is 10. The molecule has 0 amide bonds. The topological polar surface area (TPSA) is 9.23 Å². The van der Waals surface area contributed by atoms with Crippen LogP contribution in [0.5, 0.6) is 0 Å². The minimum absolute atomic E-state index is 0.776. The van der Waals surface area contributed by atoms with Gasteiger partial charge in [-0.15, -0.1) is 0 Å². The fourth-order valence-electron chi connectivity index (χ4n) is 3.68. The normalized spacial score (nSPS) is 19.7. The van der Waals surface area contributed by atoms with E-state index >= 15 is 0 Å². The summed E-state index contributed by atoms with van der Waals surface area (Å²) in [7, 11) is 0. The Balaban J connectivity index is 2.08. The van der Waals surface area contributed by atoms with Crippen molar-refractivity contribution in [3.05, 3.63) is 12.2 Å². The van der Waals surface area contributed by atoms with Crippen LogP contribution in [0.2, 0.25) is 0 Å². The Labute approximate surface area is 146 Å². The van der Waals surface area contributed by atoms with E-state index in [9.17, 15) is 0 Å². The van der Waals surface area contributed by atoms with Crippen LogP contribution in [-0.4, -0.2) is 13.2 Å². The second kappa shape index (κ2) is 15.2. The first-order valence-corrected chi connectivity index (χ1v) is 10.6. The first-order valence-electron chi connectivity index (χ1n) is 10.6. The lowest BCUT2D eigenvalue weighted by Crippen LogP contribution is -2.12. The summed E-state index contributed by atoms with van der Waals surface area (Å²) < 4.78 is 5.61. The lowest BCUT2D eigenvalue weighted by atomic mass is 9.91. The molecule has 0 radical (unpaired) electrons. The summed E-state index contributed by atoms with van der Waals surface area (Å²) in [4.78, 5) is 0. The van der Waals surface area contributed by atoms with Crippen LogP contribution in [0, 0.1) is 11.8 Å². The van der Waals surface area contributed by atoms with Gasteiger partial charge in [0.25, 0.3) is 0 Å². The summed E-state index contributed by atoms with van der Waals surface area (Å²) in [6.45, 7) is 6.57. The van der Waals surface area contributed by atoms with Crippen molar-refractivity contribution >= 4 is 0 Å². The van der Waals surface area contributed by atoms with Gasteiger partial charge in [-0.3, -0.25) is 0 Å². The molecule has 0 aromatic rings. The Morgan fingerprint density at radius 1 is 0.870 bits per heavy atom. The smallest absolute Gasteiger partial charge is 0.0500 e. The third kappa shape index (κ3) is 11.0. The third-order valence-electron chi connectivity index (χ3n) is 5.32. The van der Waals surface area contributed by atoms with E-state index in [0.717, 1.165) is 25.0 Å². The van der Waals surface area contributed by atoms with E-state index in [1.54, 1.807) is 0 Å². The first-order chi connectivity index (χ1) is 11.4. The highest BCUT2D eigenvalue weighted by Gasteiger charge is 2.23. The van der Waals surface area contributed by atoms with Gasteiger partial charge < -0.3 is 4.74 Å². The molecule has 1 fully saturated rings. The van der Waals surface area contributed by atoms with E-state index < -0.39 is 0 Å². The average Bonchev–Trinajstić information content (AvgIpc) is 3.09. The number of rotatable bonds is 15. The summed E-state index contributed by atoms with van der Waals surface area (Å²) in [5.74, 6) is 1.57. The predicted octanol–water partition coefficient (Wildman–Crippen LogP) is 7.31. The molecular weight excluding hydrogens is 282 g/mol. The van der Waals surface area contributed by atoms with Gasteiger partial charge in [0.2, 0.25) is 0 Å². The van der Waals surface area contributed by atoms with Crippen molar-refractivity contribution in [3.63, 3.8) is 0 Å². The second-order valence-electron chi connectivity index (χ2n) is 7.48. The van der Waals surface area contributed by atoms with Crippen molar-refractivity contribution in [2.45, 2.75) is 104 Å². The number of hydrogen-bond donors (Lipinski definition) is 0. The molecule has 0 aromatic heterocycles. The number of hydrogen-bond acceptors (Lipinski definition) is 1. The molecule has 1 heteroatoms. The average molecular weight is 325 g/mol. The van der Waals surface area contributed by atoms with Crippen LogP contribution in [0.1, 0.15) is 104 Å². The molecule has 1 unspecified atom stereocenters. The molecule has 1 nitrogen and oxygen atoms in total. The maximum Gasteiger partial charge on any atom is 0.0500 e. The van der Waals surface area contributed by atoms with Crippen molar-refractivity contribution in [3.8, 4) is 0 Å². The maximum atomic E-state index is 5.61. The minimum atomic E-state index is 0.776. The zero-order valence-electron chi connectivity index (χ0n) is 16.0. The fourth-order valence-corrected chi connectivity index (χ4v) is 3.68. The Hall–Kier alpha value is -0.300. The van der Waals surface area contributed by atoms with E-state index in [-0.39, 0.29) is 0 Å². The monoisotopic (exact) mass is 324 g/mol. The maximum absolute atomic E-state index is 5.61. The Morgan fingerprint density at radius 2 is 1.52 bits per heavy atom. The molecule has 136 valence electrons. The number of allylic oxidation sites excluding steroid dienone is 2. The highest BCUT2D eigenvalue weighted by molar-refractivity contribution is 4.92. The largest absolute Gasteiger partial charge is 0.381 e. The summed E-state index contributed by atoms with van der Waals surface area (Å²) in [5, 5.41) is 0. The van der Waals surface area contributed by atoms with E-state index in [1.165, 1.54) is 89.9 Å². The summed E-state index contributed by atoms with van der Waals surface area (Å²) in [6, 6.07) is 0. The second-order valence-corrected chi connectivity index (χ2v) is 7.48. The van der Waals surface area contributed by atoms with E-state index in [1.807, 2.05) is 0 Å². The third-order valence-corrected chi connectivity index (χ3v) is 5.32. The first kappa shape index (κ1) is 20.7. The van der Waals surface area contributed by atoms with E-state index in [2.05, 4.69) is 26.0 Å². The van der Waals surface area contributed by atoms with Crippen molar-refractivity contribution in [1.82, 2.24) is 0 Å². The number of ether oxygens (including phenoxy) is 1. The lowest BCUT2D eigenvalue weighted by Gasteiger charge is -2.18. The molecule has 1 aliphatic rings. The Kier molecular flexibility index (Phi) is 13.7. The van der Waals surface area contributed by atoms with Crippen LogP contribution in [-0.2, 0) is 4.74 Å². The van der Waals surface area contributed by atoms with Crippen LogP contribution >= 0.6 is 0 Å². The molecule has 0 aliphatic carbocycles. The SMILES string of the molecule is CCCCCCCCCC/C=C/[C@@H](CCCCC)C1C[13CH2]O[13CH2]1. The van der Waals surface area contributed by atoms with Gasteiger partial charge in [-0.05, 0) is 37.5 Å². The van der Waals surface area contributed by atoms with Gasteiger partial charge in [0.05, 0.1) is 6.61 Å².